The third kappa shape index (κ3) is 2.72. The van der Waals surface area contributed by atoms with Crippen molar-refractivity contribution in [2.75, 3.05) is 10.6 Å². The second kappa shape index (κ2) is 5.66. The van der Waals surface area contributed by atoms with E-state index in [0.29, 0.717) is 5.82 Å². The molecule has 0 spiro atoms. The first-order valence-corrected chi connectivity index (χ1v) is 6.86. The molecule has 3 rings (SSSR count). The molecule has 1 aromatic heterocycles. The highest BCUT2D eigenvalue weighted by atomic mass is 16.2. The van der Waals surface area contributed by atoms with E-state index in [1.54, 1.807) is 6.20 Å². The molecule has 3 N–H and O–H groups in total. The summed E-state index contributed by atoms with van der Waals surface area (Å²) in [6.07, 6.45) is 2.52. The van der Waals surface area contributed by atoms with E-state index in [-0.39, 0.29) is 6.03 Å². The Morgan fingerprint density at radius 2 is 1.95 bits per heavy atom. The first kappa shape index (κ1) is 13.2. The minimum atomic E-state index is -0.287. The maximum absolute atomic E-state index is 12.1. The van der Waals surface area contributed by atoms with Gasteiger partial charge in [0.25, 0.3) is 0 Å². The van der Waals surface area contributed by atoms with Gasteiger partial charge in [-0.05, 0) is 17.9 Å². The molecule has 5 heteroatoms. The van der Waals surface area contributed by atoms with Gasteiger partial charge in [-0.15, -0.1) is 0 Å². The minimum Gasteiger partial charge on any atom is -0.307 e. The number of fused-ring (bicyclic) bond motifs is 1. The molecule has 0 saturated heterocycles. The second-order valence-electron chi connectivity index (χ2n) is 4.73. The fourth-order valence-electron chi connectivity index (χ4n) is 2.29. The van der Waals surface area contributed by atoms with Gasteiger partial charge >= 0.3 is 6.03 Å². The van der Waals surface area contributed by atoms with E-state index in [2.05, 4.69) is 20.8 Å². The van der Waals surface area contributed by atoms with Crippen LogP contribution in [0.3, 0.4) is 0 Å². The third-order valence-corrected chi connectivity index (χ3v) is 3.38. The fourth-order valence-corrected chi connectivity index (χ4v) is 2.29. The average Bonchev–Trinajstić information content (AvgIpc) is 2.94. The van der Waals surface area contributed by atoms with Gasteiger partial charge < -0.3 is 5.32 Å². The van der Waals surface area contributed by atoms with E-state index < -0.39 is 0 Å². The van der Waals surface area contributed by atoms with Crippen LogP contribution < -0.4 is 10.6 Å². The standard InChI is InChI=1S/C16H16N4O/c1-2-11-10-17-20-15(11)19-16(21)18-14-9-5-7-12-6-3-4-8-13(12)14/h3-10H,2H2,1H3,(H3,17,18,19,20,21). The lowest BCUT2D eigenvalue weighted by Gasteiger charge is -2.10. The monoisotopic (exact) mass is 280 g/mol. The topological polar surface area (TPSA) is 69.8 Å². The molecule has 0 fully saturated rings. The Labute approximate surface area is 122 Å². The van der Waals surface area contributed by atoms with Crippen LogP contribution in [0, 0.1) is 0 Å². The molecule has 3 aromatic rings. The summed E-state index contributed by atoms with van der Waals surface area (Å²) in [6.45, 7) is 2.01. The molecular weight excluding hydrogens is 264 g/mol. The van der Waals surface area contributed by atoms with Gasteiger partial charge in [-0.1, -0.05) is 43.3 Å². The number of aromatic amines is 1. The molecule has 0 radical (unpaired) electrons. The summed E-state index contributed by atoms with van der Waals surface area (Å²) in [5, 5.41) is 14.5. The lowest BCUT2D eigenvalue weighted by molar-refractivity contribution is 0.262. The highest BCUT2D eigenvalue weighted by molar-refractivity contribution is 6.06. The summed E-state index contributed by atoms with van der Waals surface area (Å²) >= 11 is 0. The van der Waals surface area contributed by atoms with Gasteiger partial charge in [-0.25, -0.2) is 4.79 Å². The van der Waals surface area contributed by atoms with Crippen LogP contribution in [-0.2, 0) is 6.42 Å². The smallest absolute Gasteiger partial charge is 0.307 e. The first-order chi connectivity index (χ1) is 10.3. The molecule has 0 unspecified atom stereocenters. The van der Waals surface area contributed by atoms with Crippen LogP contribution in [0.25, 0.3) is 10.8 Å². The number of amides is 2. The van der Waals surface area contributed by atoms with Gasteiger partial charge in [-0.2, -0.15) is 5.10 Å². The molecule has 2 aromatic carbocycles. The number of carbonyl (C=O) groups is 1. The number of hydrogen-bond acceptors (Lipinski definition) is 2. The molecule has 106 valence electrons. The summed E-state index contributed by atoms with van der Waals surface area (Å²) in [6, 6.07) is 13.5. The number of nitrogens with zero attached hydrogens (tertiary/aromatic N) is 1. The predicted molar refractivity (Wildman–Crippen MR) is 84.6 cm³/mol. The highest BCUT2D eigenvalue weighted by Crippen LogP contribution is 2.23. The summed E-state index contributed by atoms with van der Waals surface area (Å²) in [7, 11) is 0. The highest BCUT2D eigenvalue weighted by Gasteiger charge is 2.09. The first-order valence-electron chi connectivity index (χ1n) is 6.86. The van der Waals surface area contributed by atoms with Crippen molar-refractivity contribution in [3.8, 4) is 0 Å². The zero-order valence-electron chi connectivity index (χ0n) is 11.7. The molecule has 21 heavy (non-hydrogen) atoms. The minimum absolute atomic E-state index is 0.287. The van der Waals surface area contributed by atoms with Crippen molar-refractivity contribution in [2.45, 2.75) is 13.3 Å². The van der Waals surface area contributed by atoms with Gasteiger partial charge in [0.2, 0.25) is 0 Å². The zero-order chi connectivity index (χ0) is 14.7. The number of aromatic nitrogens is 2. The van der Waals surface area contributed by atoms with Gasteiger partial charge in [0.15, 0.2) is 0 Å². The molecule has 0 aliphatic heterocycles. The Hall–Kier alpha value is -2.82. The van der Waals surface area contributed by atoms with Crippen LogP contribution in [0.15, 0.2) is 48.7 Å². The Morgan fingerprint density at radius 3 is 2.81 bits per heavy atom. The Balaban J connectivity index is 1.81. The van der Waals surface area contributed by atoms with Gasteiger partial charge in [0.05, 0.1) is 11.9 Å². The van der Waals surface area contributed by atoms with Crippen molar-refractivity contribution in [1.82, 2.24) is 10.2 Å². The molecule has 2 amide bonds. The average molecular weight is 280 g/mol. The summed E-state index contributed by atoms with van der Waals surface area (Å²) < 4.78 is 0. The summed E-state index contributed by atoms with van der Waals surface area (Å²) in [4.78, 5) is 12.1. The number of anilines is 2. The maximum Gasteiger partial charge on any atom is 0.324 e. The van der Waals surface area contributed by atoms with E-state index in [1.807, 2.05) is 49.4 Å². The molecule has 0 aliphatic carbocycles. The fraction of sp³-hybridized carbons (Fsp3) is 0.125. The summed E-state index contributed by atoms with van der Waals surface area (Å²) in [5.41, 5.74) is 1.76. The van der Waals surface area contributed by atoms with Crippen molar-refractivity contribution < 1.29 is 4.79 Å². The molecule has 5 nitrogen and oxygen atoms in total. The normalized spacial score (nSPS) is 10.5. The largest absolute Gasteiger partial charge is 0.324 e. The molecule has 0 atom stereocenters. The van der Waals surface area contributed by atoms with Crippen molar-refractivity contribution >= 4 is 28.3 Å². The molecule has 1 heterocycles. The Kier molecular flexibility index (Phi) is 3.55. The number of H-pyrrole nitrogens is 1. The zero-order valence-corrected chi connectivity index (χ0v) is 11.7. The lowest BCUT2D eigenvalue weighted by atomic mass is 10.1. The van der Waals surface area contributed by atoms with Gasteiger partial charge in [-0.3, -0.25) is 10.4 Å². The second-order valence-corrected chi connectivity index (χ2v) is 4.73. The number of urea groups is 1. The number of hydrogen-bond donors (Lipinski definition) is 3. The maximum atomic E-state index is 12.1. The third-order valence-electron chi connectivity index (χ3n) is 3.38. The van der Waals surface area contributed by atoms with Crippen LogP contribution in [0.4, 0.5) is 16.3 Å². The SMILES string of the molecule is CCc1cn[nH]c1NC(=O)Nc1cccc2ccccc12. The number of nitrogens with one attached hydrogen (secondary N) is 3. The van der Waals surface area contributed by atoms with E-state index in [4.69, 9.17) is 0 Å². The van der Waals surface area contributed by atoms with Crippen LogP contribution in [0.2, 0.25) is 0 Å². The number of rotatable bonds is 3. The molecular formula is C16H16N4O. The van der Waals surface area contributed by atoms with Crippen LogP contribution in [-0.4, -0.2) is 16.2 Å². The predicted octanol–water partition coefficient (Wildman–Crippen LogP) is 3.77. The quantitative estimate of drug-likeness (QED) is 0.683. The number of aryl methyl sites for hydroxylation is 1. The van der Waals surface area contributed by atoms with Crippen LogP contribution in [0.5, 0.6) is 0 Å². The lowest BCUT2D eigenvalue weighted by Crippen LogP contribution is -2.20. The van der Waals surface area contributed by atoms with Crippen LogP contribution in [0.1, 0.15) is 12.5 Å². The molecule has 0 aliphatic rings. The number of benzene rings is 2. The van der Waals surface area contributed by atoms with Crippen molar-refractivity contribution in [1.29, 1.82) is 0 Å². The van der Waals surface area contributed by atoms with E-state index in [9.17, 15) is 4.79 Å². The van der Waals surface area contributed by atoms with Gasteiger partial charge in [0.1, 0.15) is 5.82 Å². The van der Waals surface area contributed by atoms with Crippen molar-refractivity contribution in [2.24, 2.45) is 0 Å². The van der Waals surface area contributed by atoms with Gasteiger partial charge in [0, 0.05) is 10.9 Å². The molecule has 0 saturated carbocycles. The van der Waals surface area contributed by atoms with E-state index >= 15 is 0 Å². The van der Waals surface area contributed by atoms with Crippen molar-refractivity contribution in [3.05, 3.63) is 54.2 Å². The Morgan fingerprint density at radius 1 is 1.14 bits per heavy atom. The van der Waals surface area contributed by atoms with E-state index in [1.165, 1.54) is 0 Å². The Bertz CT molecular complexity index is 773. The number of carbonyl (C=O) groups excluding carboxylic acids is 1. The van der Waals surface area contributed by atoms with Crippen molar-refractivity contribution in [3.63, 3.8) is 0 Å². The van der Waals surface area contributed by atoms with Crippen LogP contribution >= 0.6 is 0 Å². The van der Waals surface area contributed by atoms with E-state index in [0.717, 1.165) is 28.4 Å². The summed E-state index contributed by atoms with van der Waals surface area (Å²) in [5.74, 6) is 0.634. The molecule has 0 bridgehead atoms.